The smallest absolute Gasteiger partial charge is 0.334 e. The van der Waals surface area contributed by atoms with Crippen molar-refractivity contribution in [3.63, 3.8) is 0 Å². The van der Waals surface area contributed by atoms with Gasteiger partial charge in [0.05, 0.1) is 0 Å². The maximum atomic E-state index is 13.0. The van der Waals surface area contributed by atoms with Gasteiger partial charge in [-0.15, -0.1) is 0 Å². The number of fused-ring (bicyclic) bond motifs is 1. The molecule has 0 radical (unpaired) electrons. The lowest BCUT2D eigenvalue weighted by Gasteiger charge is -2.39. The lowest BCUT2D eigenvalue weighted by atomic mass is 9.91. The summed E-state index contributed by atoms with van der Waals surface area (Å²) in [5.41, 5.74) is 0. The predicted molar refractivity (Wildman–Crippen MR) is 53.1 cm³/mol. The van der Waals surface area contributed by atoms with Crippen LogP contribution in [0.25, 0.3) is 0 Å². The minimum absolute atomic E-state index is 0.00562. The summed E-state index contributed by atoms with van der Waals surface area (Å²) in [6.07, 6.45) is -2.37. The number of likely N-dealkylation sites (tertiary alicyclic amines) is 1. The third-order valence-electron chi connectivity index (χ3n) is 3.88. The molecule has 2 fully saturated rings. The molecule has 2 aliphatic rings. The average Bonchev–Trinajstić information content (AvgIpc) is 2.73. The zero-order valence-electron chi connectivity index (χ0n) is 9.64. The van der Waals surface area contributed by atoms with E-state index in [0.29, 0.717) is 12.8 Å². The maximum Gasteiger partial charge on any atom is 0.463 e. The van der Waals surface area contributed by atoms with Crippen LogP contribution in [0.1, 0.15) is 32.1 Å². The highest BCUT2D eigenvalue weighted by atomic mass is 19.4. The van der Waals surface area contributed by atoms with Crippen molar-refractivity contribution in [2.75, 3.05) is 6.54 Å². The molecule has 0 spiro atoms. The van der Waals surface area contributed by atoms with Crippen molar-refractivity contribution in [3.8, 4) is 0 Å². The highest BCUT2D eigenvalue weighted by molar-refractivity contribution is 5.84. The summed E-state index contributed by atoms with van der Waals surface area (Å²) in [6, 6.07) is -0.431. The molecule has 1 heterocycles. The molecule has 2 atom stereocenters. The summed E-state index contributed by atoms with van der Waals surface area (Å²) >= 11 is 0. The topological polar surface area (TPSA) is 20.3 Å². The highest BCUT2D eigenvalue weighted by Gasteiger charge is 2.65. The van der Waals surface area contributed by atoms with E-state index < -0.39 is 24.0 Å². The van der Waals surface area contributed by atoms with Crippen LogP contribution in [0.15, 0.2) is 0 Å². The first-order valence-corrected chi connectivity index (χ1v) is 6.01. The van der Waals surface area contributed by atoms with E-state index in [1.165, 1.54) is 0 Å². The molecular formula is C11H14F5NO. The first-order valence-electron chi connectivity index (χ1n) is 6.01. The van der Waals surface area contributed by atoms with Gasteiger partial charge in [0, 0.05) is 12.6 Å². The van der Waals surface area contributed by atoms with Gasteiger partial charge >= 0.3 is 18.0 Å². The molecule has 104 valence electrons. The van der Waals surface area contributed by atoms with Crippen molar-refractivity contribution in [1.29, 1.82) is 0 Å². The standard InChI is InChI=1S/C11H14F5NO/c12-10(13,11(14,15)16)9(18)17-6-2-4-7-3-1-5-8(7)17/h7-8H,1-6H2. The number of hydrogen-bond acceptors (Lipinski definition) is 1. The number of halogens is 5. The Kier molecular flexibility index (Phi) is 3.27. The Morgan fingerprint density at radius 1 is 1.00 bits per heavy atom. The van der Waals surface area contributed by atoms with Gasteiger partial charge in [-0.1, -0.05) is 6.42 Å². The fourth-order valence-electron chi connectivity index (χ4n) is 3.01. The number of amides is 1. The number of carbonyl (C=O) groups is 1. The molecule has 2 nitrogen and oxygen atoms in total. The Morgan fingerprint density at radius 3 is 2.22 bits per heavy atom. The van der Waals surface area contributed by atoms with Crippen molar-refractivity contribution in [1.82, 2.24) is 4.90 Å². The van der Waals surface area contributed by atoms with Gasteiger partial charge in [0.1, 0.15) is 0 Å². The van der Waals surface area contributed by atoms with Crippen LogP contribution < -0.4 is 0 Å². The summed E-state index contributed by atoms with van der Waals surface area (Å²) < 4.78 is 62.7. The van der Waals surface area contributed by atoms with Crippen molar-refractivity contribution in [2.24, 2.45) is 5.92 Å². The predicted octanol–water partition coefficient (Wildman–Crippen LogP) is 2.98. The van der Waals surface area contributed by atoms with E-state index in [-0.39, 0.29) is 12.5 Å². The normalized spacial score (nSPS) is 29.3. The van der Waals surface area contributed by atoms with Crippen LogP contribution in [0.2, 0.25) is 0 Å². The van der Waals surface area contributed by atoms with Crippen molar-refractivity contribution in [3.05, 3.63) is 0 Å². The summed E-state index contributed by atoms with van der Waals surface area (Å²) in [7, 11) is 0. The second-order valence-electron chi connectivity index (χ2n) is 4.97. The van der Waals surface area contributed by atoms with Gasteiger partial charge in [0.25, 0.3) is 0 Å². The maximum absolute atomic E-state index is 13.0. The Hall–Kier alpha value is -0.880. The van der Waals surface area contributed by atoms with E-state index in [1.807, 2.05) is 0 Å². The monoisotopic (exact) mass is 271 g/mol. The lowest BCUT2D eigenvalue weighted by molar-refractivity contribution is -0.275. The molecule has 0 aromatic heterocycles. The lowest BCUT2D eigenvalue weighted by Crippen LogP contribution is -2.57. The third-order valence-corrected chi connectivity index (χ3v) is 3.88. The number of alkyl halides is 5. The fourth-order valence-corrected chi connectivity index (χ4v) is 3.01. The molecule has 18 heavy (non-hydrogen) atoms. The zero-order chi connectivity index (χ0) is 13.6. The van der Waals surface area contributed by atoms with E-state index in [9.17, 15) is 26.7 Å². The molecule has 1 aliphatic heterocycles. The van der Waals surface area contributed by atoms with Gasteiger partial charge in [-0.2, -0.15) is 22.0 Å². The van der Waals surface area contributed by atoms with Gasteiger partial charge in [-0.05, 0) is 31.6 Å². The van der Waals surface area contributed by atoms with Gasteiger partial charge < -0.3 is 4.90 Å². The van der Waals surface area contributed by atoms with Crippen LogP contribution in [-0.4, -0.2) is 35.5 Å². The Balaban J connectivity index is 2.18. The van der Waals surface area contributed by atoms with Gasteiger partial charge in [-0.25, -0.2) is 0 Å². The number of piperidine rings is 1. The minimum atomic E-state index is -5.81. The summed E-state index contributed by atoms with van der Waals surface area (Å²) in [5.74, 6) is -7.25. The number of carbonyl (C=O) groups excluding carboxylic acids is 1. The largest absolute Gasteiger partial charge is 0.463 e. The van der Waals surface area contributed by atoms with E-state index in [1.54, 1.807) is 0 Å². The number of rotatable bonds is 1. The SMILES string of the molecule is O=C(N1CCCC2CCCC21)C(F)(F)C(F)(F)F. The summed E-state index contributed by atoms with van der Waals surface area (Å²) in [5, 5.41) is 0. The minimum Gasteiger partial charge on any atom is -0.334 e. The molecule has 7 heteroatoms. The van der Waals surface area contributed by atoms with Crippen LogP contribution in [0, 0.1) is 5.92 Å². The van der Waals surface area contributed by atoms with Gasteiger partial charge in [-0.3, -0.25) is 4.79 Å². The van der Waals surface area contributed by atoms with Crippen LogP contribution in [0.4, 0.5) is 22.0 Å². The van der Waals surface area contributed by atoms with E-state index in [4.69, 9.17) is 0 Å². The van der Waals surface area contributed by atoms with Crippen LogP contribution in [0.3, 0.4) is 0 Å². The molecule has 0 N–H and O–H groups in total. The Labute approximate surface area is 101 Å². The van der Waals surface area contributed by atoms with Gasteiger partial charge in [0.2, 0.25) is 0 Å². The quantitative estimate of drug-likeness (QED) is 0.671. The molecular weight excluding hydrogens is 257 g/mol. The molecule has 2 rings (SSSR count). The summed E-state index contributed by atoms with van der Waals surface area (Å²) in [4.78, 5) is 12.2. The second kappa shape index (κ2) is 4.35. The molecule has 0 aromatic carbocycles. The molecule has 2 unspecified atom stereocenters. The molecule has 0 aromatic rings. The van der Waals surface area contributed by atoms with Crippen molar-refractivity contribution >= 4 is 5.91 Å². The van der Waals surface area contributed by atoms with Crippen molar-refractivity contribution < 1.29 is 26.7 Å². The molecule has 0 bridgehead atoms. The average molecular weight is 271 g/mol. The van der Waals surface area contributed by atoms with E-state index in [2.05, 4.69) is 0 Å². The summed E-state index contributed by atoms with van der Waals surface area (Å²) in [6.45, 7) is 0.00562. The van der Waals surface area contributed by atoms with Crippen molar-refractivity contribution in [2.45, 2.75) is 50.2 Å². The van der Waals surface area contributed by atoms with Crippen LogP contribution in [-0.2, 0) is 4.79 Å². The van der Waals surface area contributed by atoms with E-state index in [0.717, 1.165) is 24.2 Å². The second-order valence-corrected chi connectivity index (χ2v) is 4.97. The first-order chi connectivity index (χ1) is 8.25. The van der Waals surface area contributed by atoms with Crippen LogP contribution >= 0.6 is 0 Å². The zero-order valence-corrected chi connectivity index (χ0v) is 9.64. The highest BCUT2D eigenvalue weighted by Crippen LogP contribution is 2.42. The first kappa shape index (κ1) is 13.5. The molecule has 1 amide bonds. The Morgan fingerprint density at radius 2 is 1.61 bits per heavy atom. The van der Waals surface area contributed by atoms with Crippen LogP contribution in [0.5, 0.6) is 0 Å². The Bertz CT molecular complexity index is 341. The molecule has 1 saturated heterocycles. The van der Waals surface area contributed by atoms with Gasteiger partial charge in [0.15, 0.2) is 0 Å². The third kappa shape index (κ3) is 2.07. The van der Waals surface area contributed by atoms with E-state index >= 15 is 0 Å². The number of hydrogen-bond donors (Lipinski definition) is 0. The fraction of sp³-hybridized carbons (Fsp3) is 0.909. The molecule has 1 aliphatic carbocycles. The molecule has 1 saturated carbocycles. The number of nitrogens with zero attached hydrogens (tertiary/aromatic N) is 1.